The quantitative estimate of drug-likeness (QED) is 0.646. The number of hydrogen-bond donors (Lipinski definition) is 0. The van der Waals surface area contributed by atoms with Crippen LogP contribution in [-0.2, 0) is 10.8 Å². The highest BCUT2D eigenvalue weighted by Crippen LogP contribution is 2.49. The lowest BCUT2D eigenvalue weighted by molar-refractivity contribution is 0.394. The van der Waals surface area contributed by atoms with Gasteiger partial charge in [-0.15, -0.1) is 0 Å². The van der Waals surface area contributed by atoms with Crippen molar-refractivity contribution in [1.82, 2.24) is 0 Å². The molecule has 0 spiro atoms. The summed E-state index contributed by atoms with van der Waals surface area (Å²) in [6, 6.07) is 9.48. The Morgan fingerprint density at radius 2 is 1.39 bits per heavy atom. The molecule has 0 aromatic heterocycles. The third kappa shape index (κ3) is 2.35. The van der Waals surface area contributed by atoms with Gasteiger partial charge in [0.05, 0.1) is 0 Å². The molecule has 0 aliphatic heterocycles. The van der Waals surface area contributed by atoms with Gasteiger partial charge in [-0.2, -0.15) is 0 Å². The smallest absolute Gasteiger partial charge is 0.00496 e. The molecule has 0 nitrogen and oxygen atoms in total. The predicted molar refractivity (Wildman–Crippen MR) is 80.1 cm³/mol. The molecule has 1 aromatic rings. The van der Waals surface area contributed by atoms with E-state index in [0.29, 0.717) is 10.8 Å². The number of hydrogen-bond acceptors (Lipinski definition) is 0. The van der Waals surface area contributed by atoms with E-state index in [2.05, 4.69) is 58.9 Å². The summed E-state index contributed by atoms with van der Waals surface area (Å²) < 4.78 is 0. The fourth-order valence-electron chi connectivity index (χ4n) is 2.96. The molecule has 0 amide bonds. The van der Waals surface area contributed by atoms with Crippen LogP contribution in [0.2, 0.25) is 0 Å². The summed E-state index contributed by atoms with van der Waals surface area (Å²) >= 11 is 0. The summed E-state index contributed by atoms with van der Waals surface area (Å²) in [7, 11) is 0. The van der Waals surface area contributed by atoms with Crippen LogP contribution in [0.4, 0.5) is 0 Å². The third-order valence-corrected chi connectivity index (χ3v) is 5.42. The molecule has 1 fully saturated rings. The second-order valence-electron chi connectivity index (χ2n) is 6.86. The molecule has 1 unspecified atom stereocenters. The van der Waals surface area contributed by atoms with E-state index in [-0.39, 0.29) is 0 Å². The van der Waals surface area contributed by atoms with Crippen LogP contribution in [-0.4, -0.2) is 0 Å². The summed E-state index contributed by atoms with van der Waals surface area (Å²) in [6.45, 7) is 11.7. The molecule has 1 atom stereocenters. The third-order valence-electron chi connectivity index (χ3n) is 5.42. The summed E-state index contributed by atoms with van der Waals surface area (Å²) in [5, 5.41) is 0. The van der Waals surface area contributed by atoms with Gasteiger partial charge in [-0.25, -0.2) is 0 Å². The molecule has 0 heteroatoms. The maximum Gasteiger partial charge on any atom is -0.00496 e. The second kappa shape index (κ2) is 4.72. The van der Waals surface area contributed by atoms with Crippen LogP contribution in [0.25, 0.3) is 0 Å². The van der Waals surface area contributed by atoms with Gasteiger partial charge in [0.2, 0.25) is 0 Å². The lowest BCUT2D eigenvalue weighted by Gasteiger charge is -2.30. The predicted octanol–water partition coefficient (Wildman–Crippen LogP) is 5.45. The standard InChI is InChI=1S/C18H28/c1-6-17(3,4)14-8-10-15(11-9-14)18(5,7-2)16-12-13-16/h8-11,16H,6-7,12-13H2,1-5H3. The Morgan fingerprint density at radius 1 is 0.889 bits per heavy atom. The zero-order valence-electron chi connectivity index (χ0n) is 12.7. The molecule has 0 heterocycles. The molecule has 0 saturated heterocycles. The molecule has 1 aliphatic rings. The summed E-state index contributed by atoms with van der Waals surface area (Å²) in [5.41, 5.74) is 3.74. The fourth-order valence-corrected chi connectivity index (χ4v) is 2.96. The zero-order valence-corrected chi connectivity index (χ0v) is 12.7. The van der Waals surface area contributed by atoms with Crippen molar-refractivity contribution in [2.75, 3.05) is 0 Å². The zero-order chi connectivity index (χ0) is 13.4. The molecule has 1 aliphatic carbocycles. The van der Waals surface area contributed by atoms with Crippen LogP contribution in [0.1, 0.15) is 71.4 Å². The van der Waals surface area contributed by atoms with E-state index in [1.165, 1.54) is 31.2 Å². The topological polar surface area (TPSA) is 0 Å². The van der Waals surface area contributed by atoms with Crippen molar-refractivity contribution in [3.63, 3.8) is 0 Å². The molecular formula is C18H28. The molecule has 2 rings (SSSR count). The maximum absolute atomic E-state index is 2.45. The Hall–Kier alpha value is -0.780. The maximum atomic E-state index is 2.45. The van der Waals surface area contributed by atoms with Crippen molar-refractivity contribution in [1.29, 1.82) is 0 Å². The van der Waals surface area contributed by atoms with E-state index in [4.69, 9.17) is 0 Å². The van der Waals surface area contributed by atoms with E-state index < -0.39 is 0 Å². The van der Waals surface area contributed by atoms with E-state index in [1.54, 1.807) is 5.56 Å². The van der Waals surface area contributed by atoms with Crippen molar-refractivity contribution in [2.45, 2.75) is 71.1 Å². The summed E-state index contributed by atoms with van der Waals surface area (Å²) in [4.78, 5) is 0. The van der Waals surface area contributed by atoms with E-state index in [0.717, 1.165) is 5.92 Å². The first-order valence-corrected chi connectivity index (χ1v) is 7.55. The van der Waals surface area contributed by atoms with Crippen LogP contribution in [0, 0.1) is 5.92 Å². The van der Waals surface area contributed by atoms with Crippen LogP contribution in [0.15, 0.2) is 24.3 Å². The Bertz CT molecular complexity index is 395. The Labute approximate surface area is 113 Å². The van der Waals surface area contributed by atoms with Crippen molar-refractivity contribution < 1.29 is 0 Å². The average Bonchev–Trinajstić information content (AvgIpc) is 3.22. The van der Waals surface area contributed by atoms with E-state index in [1.807, 2.05) is 0 Å². The molecule has 100 valence electrons. The molecule has 0 N–H and O–H groups in total. The van der Waals surface area contributed by atoms with Gasteiger partial charge in [-0.1, -0.05) is 58.9 Å². The fraction of sp³-hybridized carbons (Fsp3) is 0.667. The molecule has 0 bridgehead atoms. The average molecular weight is 244 g/mol. The molecule has 18 heavy (non-hydrogen) atoms. The van der Waals surface area contributed by atoms with Gasteiger partial charge in [-0.3, -0.25) is 0 Å². The highest BCUT2D eigenvalue weighted by molar-refractivity contribution is 5.33. The van der Waals surface area contributed by atoms with E-state index in [9.17, 15) is 0 Å². The SMILES string of the molecule is CCC(C)(C)c1ccc(C(C)(CC)C2CC2)cc1. The first-order valence-electron chi connectivity index (χ1n) is 7.55. The highest BCUT2D eigenvalue weighted by Gasteiger charge is 2.41. The van der Waals surface area contributed by atoms with Crippen LogP contribution < -0.4 is 0 Å². The largest absolute Gasteiger partial charge is 0.0646 e. The van der Waals surface area contributed by atoms with Crippen molar-refractivity contribution in [3.8, 4) is 0 Å². The van der Waals surface area contributed by atoms with Crippen LogP contribution in [0.3, 0.4) is 0 Å². The van der Waals surface area contributed by atoms with Gasteiger partial charge in [0.1, 0.15) is 0 Å². The molecular weight excluding hydrogens is 216 g/mol. The van der Waals surface area contributed by atoms with Crippen molar-refractivity contribution in [2.24, 2.45) is 5.92 Å². The van der Waals surface area contributed by atoms with Crippen LogP contribution in [0.5, 0.6) is 0 Å². The normalized spacial score (nSPS) is 19.6. The lowest BCUT2D eigenvalue weighted by Crippen LogP contribution is -2.24. The van der Waals surface area contributed by atoms with Gasteiger partial charge in [0.15, 0.2) is 0 Å². The summed E-state index contributed by atoms with van der Waals surface area (Å²) in [5.74, 6) is 0.924. The van der Waals surface area contributed by atoms with Crippen molar-refractivity contribution >= 4 is 0 Å². The second-order valence-corrected chi connectivity index (χ2v) is 6.86. The lowest BCUT2D eigenvalue weighted by atomic mass is 9.74. The van der Waals surface area contributed by atoms with Gasteiger partial charge in [-0.05, 0) is 53.6 Å². The first-order chi connectivity index (χ1) is 8.44. The summed E-state index contributed by atoms with van der Waals surface area (Å²) in [6.07, 6.45) is 5.30. The molecule has 1 aromatic carbocycles. The van der Waals surface area contributed by atoms with Gasteiger partial charge < -0.3 is 0 Å². The number of rotatable bonds is 5. The Kier molecular flexibility index (Phi) is 3.58. The van der Waals surface area contributed by atoms with Crippen molar-refractivity contribution in [3.05, 3.63) is 35.4 Å². The Morgan fingerprint density at radius 3 is 1.78 bits per heavy atom. The van der Waals surface area contributed by atoms with Crippen LogP contribution >= 0.6 is 0 Å². The minimum Gasteiger partial charge on any atom is -0.0646 e. The minimum atomic E-state index is 0.306. The molecule has 1 saturated carbocycles. The highest BCUT2D eigenvalue weighted by atomic mass is 14.5. The molecule has 0 radical (unpaired) electrons. The number of benzene rings is 1. The monoisotopic (exact) mass is 244 g/mol. The van der Waals surface area contributed by atoms with Gasteiger partial charge in [0.25, 0.3) is 0 Å². The Balaban J connectivity index is 2.27. The van der Waals surface area contributed by atoms with Gasteiger partial charge in [0, 0.05) is 0 Å². The van der Waals surface area contributed by atoms with Gasteiger partial charge >= 0.3 is 0 Å². The minimum absolute atomic E-state index is 0.306. The van der Waals surface area contributed by atoms with E-state index >= 15 is 0 Å². The first kappa shape index (κ1) is 13.6.